The summed E-state index contributed by atoms with van der Waals surface area (Å²) in [6.07, 6.45) is 2.17. The zero-order valence-electron chi connectivity index (χ0n) is 9.19. The first kappa shape index (κ1) is 10.7. The van der Waals surface area contributed by atoms with Crippen LogP contribution in [0, 0.1) is 0 Å². The van der Waals surface area contributed by atoms with Crippen molar-refractivity contribution >= 4 is 17.9 Å². The SMILES string of the molecule is CCC(=O)NN1CCc2cc(C=O)ccc21. The monoisotopic (exact) mass is 218 g/mol. The molecule has 0 bridgehead atoms. The van der Waals surface area contributed by atoms with E-state index < -0.39 is 0 Å². The standard InChI is InChI=1S/C12H14N2O2/c1-2-12(16)13-14-6-5-10-7-9(8-15)3-4-11(10)14/h3-4,7-8H,2,5-6H2,1H3,(H,13,16). The van der Waals surface area contributed by atoms with Gasteiger partial charge in [0.05, 0.1) is 5.69 Å². The lowest BCUT2D eigenvalue weighted by Gasteiger charge is -2.19. The Labute approximate surface area is 94.2 Å². The van der Waals surface area contributed by atoms with E-state index in [0.29, 0.717) is 12.0 Å². The second-order valence-electron chi connectivity index (χ2n) is 3.80. The first-order valence-electron chi connectivity index (χ1n) is 5.39. The number of carbonyl (C=O) groups excluding carboxylic acids is 2. The van der Waals surface area contributed by atoms with Gasteiger partial charge in [0.15, 0.2) is 0 Å². The summed E-state index contributed by atoms with van der Waals surface area (Å²) >= 11 is 0. The number of amides is 1. The number of anilines is 1. The van der Waals surface area contributed by atoms with Crippen LogP contribution in [0.1, 0.15) is 29.3 Å². The Kier molecular flexibility index (Phi) is 2.90. The summed E-state index contributed by atoms with van der Waals surface area (Å²) in [6.45, 7) is 2.59. The topological polar surface area (TPSA) is 49.4 Å². The largest absolute Gasteiger partial charge is 0.298 e. The van der Waals surface area contributed by atoms with E-state index in [0.717, 1.165) is 30.5 Å². The highest BCUT2D eigenvalue weighted by molar-refractivity contribution is 5.80. The van der Waals surface area contributed by atoms with E-state index in [2.05, 4.69) is 5.43 Å². The van der Waals surface area contributed by atoms with Crippen LogP contribution in [0.25, 0.3) is 0 Å². The van der Waals surface area contributed by atoms with E-state index in [1.165, 1.54) is 0 Å². The number of benzene rings is 1. The molecule has 1 aliphatic heterocycles. The molecular formula is C12H14N2O2. The number of carbonyl (C=O) groups is 2. The molecule has 16 heavy (non-hydrogen) atoms. The van der Waals surface area contributed by atoms with Crippen molar-refractivity contribution in [3.63, 3.8) is 0 Å². The van der Waals surface area contributed by atoms with E-state index in [1.54, 1.807) is 6.07 Å². The highest BCUT2D eigenvalue weighted by Gasteiger charge is 2.20. The maximum Gasteiger partial charge on any atom is 0.238 e. The molecule has 1 aromatic rings. The number of hydrogen-bond donors (Lipinski definition) is 1. The molecule has 4 heteroatoms. The number of hydrazine groups is 1. The van der Waals surface area contributed by atoms with Crippen molar-refractivity contribution < 1.29 is 9.59 Å². The average Bonchev–Trinajstić information content (AvgIpc) is 2.71. The molecule has 1 amide bonds. The highest BCUT2D eigenvalue weighted by Crippen LogP contribution is 2.26. The van der Waals surface area contributed by atoms with Crippen LogP contribution >= 0.6 is 0 Å². The van der Waals surface area contributed by atoms with E-state index in [-0.39, 0.29) is 5.91 Å². The van der Waals surface area contributed by atoms with Gasteiger partial charge in [0.1, 0.15) is 6.29 Å². The maximum atomic E-state index is 11.3. The van der Waals surface area contributed by atoms with E-state index in [9.17, 15) is 9.59 Å². The molecule has 0 fully saturated rings. The van der Waals surface area contributed by atoms with Gasteiger partial charge in [-0.3, -0.25) is 20.0 Å². The molecule has 0 saturated carbocycles. The zero-order valence-corrected chi connectivity index (χ0v) is 9.19. The molecule has 0 aromatic heterocycles. The summed E-state index contributed by atoms with van der Waals surface area (Å²) < 4.78 is 0. The molecule has 0 radical (unpaired) electrons. The van der Waals surface area contributed by atoms with Crippen molar-refractivity contribution in [1.29, 1.82) is 0 Å². The fourth-order valence-electron chi connectivity index (χ4n) is 1.84. The van der Waals surface area contributed by atoms with Gasteiger partial charge in [0, 0.05) is 18.5 Å². The van der Waals surface area contributed by atoms with E-state index in [1.807, 2.05) is 24.1 Å². The van der Waals surface area contributed by atoms with Gasteiger partial charge in [0.25, 0.3) is 0 Å². The van der Waals surface area contributed by atoms with Crippen molar-refractivity contribution in [3.8, 4) is 0 Å². The zero-order chi connectivity index (χ0) is 11.5. The second kappa shape index (κ2) is 4.35. The van der Waals surface area contributed by atoms with Crippen molar-refractivity contribution in [1.82, 2.24) is 5.43 Å². The van der Waals surface area contributed by atoms with Gasteiger partial charge in [-0.25, -0.2) is 0 Å². The third-order valence-electron chi connectivity index (χ3n) is 2.72. The van der Waals surface area contributed by atoms with Crippen molar-refractivity contribution in [2.75, 3.05) is 11.6 Å². The van der Waals surface area contributed by atoms with Crippen LogP contribution in [-0.4, -0.2) is 18.7 Å². The summed E-state index contributed by atoms with van der Waals surface area (Å²) in [7, 11) is 0. The molecule has 0 aliphatic carbocycles. The van der Waals surface area contributed by atoms with E-state index in [4.69, 9.17) is 0 Å². The van der Waals surface area contributed by atoms with Gasteiger partial charge in [-0.2, -0.15) is 0 Å². The van der Waals surface area contributed by atoms with Gasteiger partial charge in [0.2, 0.25) is 5.91 Å². The Morgan fingerprint density at radius 3 is 3.06 bits per heavy atom. The third-order valence-corrected chi connectivity index (χ3v) is 2.72. The van der Waals surface area contributed by atoms with Gasteiger partial charge in [-0.05, 0) is 30.2 Å². The summed E-state index contributed by atoms with van der Waals surface area (Å²) in [5.41, 5.74) is 5.62. The molecule has 0 saturated heterocycles. The minimum atomic E-state index is 0.00677. The molecule has 4 nitrogen and oxygen atoms in total. The first-order valence-corrected chi connectivity index (χ1v) is 5.39. The minimum absolute atomic E-state index is 0.00677. The van der Waals surface area contributed by atoms with Crippen LogP contribution in [0.15, 0.2) is 18.2 Å². The van der Waals surface area contributed by atoms with Crippen molar-refractivity contribution in [2.24, 2.45) is 0 Å². The lowest BCUT2D eigenvalue weighted by atomic mass is 10.1. The summed E-state index contributed by atoms with van der Waals surface area (Å²) in [4.78, 5) is 21.9. The van der Waals surface area contributed by atoms with Crippen LogP contribution in [0.4, 0.5) is 5.69 Å². The fraction of sp³-hybridized carbons (Fsp3) is 0.333. The number of aldehydes is 1. The molecule has 1 N–H and O–H groups in total. The van der Waals surface area contributed by atoms with Gasteiger partial charge in [-0.15, -0.1) is 0 Å². The molecule has 0 atom stereocenters. The minimum Gasteiger partial charge on any atom is -0.298 e. The predicted molar refractivity (Wildman–Crippen MR) is 61.3 cm³/mol. The molecular weight excluding hydrogens is 204 g/mol. The fourth-order valence-corrected chi connectivity index (χ4v) is 1.84. The molecule has 1 aromatic carbocycles. The molecule has 0 unspecified atom stereocenters. The van der Waals surface area contributed by atoms with E-state index >= 15 is 0 Å². The summed E-state index contributed by atoms with van der Waals surface area (Å²) in [5, 5.41) is 1.84. The van der Waals surface area contributed by atoms with Gasteiger partial charge < -0.3 is 0 Å². The smallest absolute Gasteiger partial charge is 0.238 e. The van der Waals surface area contributed by atoms with Crippen molar-refractivity contribution in [3.05, 3.63) is 29.3 Å². The number of nitrogens with zero attached hydrogens (tertiary/aromatic N) is 1. The number of hydrogen-bond acceptors (Lipinski definition) is 3. The first-order chi connectivity index (χ1) is 7.74. The molecule has 1 heterocycles. The summed E-state index contributed by atoms with van der Waals surface area (Å²) in [5.74, 6) is 0.00677. The number of nitrogens with one attached hydrogen (secondary N) is 1. The molecule has 84 valence electrons. The lowest BCUT2D eigenvalue weighted by molar-refractivity contribution is -0.120. The van der Waals surface area contributed by atoms with Crippen LogP contribution in [0.2, 0.25) is 0 Å². The maximum absolute atomic E-state index is 11.3. The Bertz CT molecular complexity index is 429. The molecule has 2 rings (SSSR count). The van der Waals surface area contributed by atoms with Crippen LogP contribution in [0.3, 0.4) is 0 Å². The normalized spacial score (nSPS) is 13.4. The number of rotatable bonds is 3. The van der Waals surface area contributed by atoms with Gasteiger partial charge >= 0.3 is 0 Å². The highest BCUT2D eigenvalue weighted by atomic mass is 16.2. The Balaban J connectivity index is 2.20. The molecule has 0 spiro atoms. The predicted octanol–water partition coefficient (Wildman–Crippen LogP) is 1.30. The second-order valence-corrected chi connectivity index (χ2v) is 3.80. The van der Waals surface area contributed by atoms with Crippen LogP contribution in [-0.2, 0) is 11.2 Å². The third kappa shape index (κ3) is 1.91. The summed E-state index contributed by atoms with van der Waals surface area (Å²) in [6, 6.07) is 5.52. The number of fused-ring (bicyclic) bond motifs is 1. The Morgan fingerprint density at radius 1 is 1.56 bits per heavy atom. The quantitative estimate of drug-likeness (QED) is 0.778. The Hall–Kier alpha value is -1.84. The Morgan fingerprint density at radius 2 is 2.38 bits per heavy atom. The van der Waals surface area contributed by atoms with Crippen LogP contribution < -0.4 is 10.4 Å². The lowest BCUT2D eigenvalue weighted by Crippen LogP contribution is -2.40. The van der Waals surface area contributed by atoms with Crippen molar-refractivity contribution in [2.45, 2.75) is 19.8 Å². The average molecular weight is 218 g/mol. The van der Waals surface area contributed by atoms with Gasteiger partial charge in [-0.1, -0.05) is 6.92 Å². The van der Waals surface area contributed by atoms with Crippen LogP contribution in [0.5, 0.6) is 0 Å². The molecule has 1 aliphatic rings.